The van der Waals surface area contributed by atoms with Crippen LogP contribution in [0, 0.1) is 0 Å². The van der Waals surface area contributed by atoms with Crippen LogP contribution in [-0.2, 0) is 11.3 Å². The minimum Gasteiger partial charge on any atom is -0.483 e. The van der Waals surface area contributed by atoms with Gasteiger partial charge in [-0.1, -0.05) is 36.0 Å². The van der Waals surface area contributed by atoms with Gasteiger partial charge in [-0.15, -0.1) is 10.2 Å². The number of hydrogen-bond acceptors (Lipinski definition) is 6. The fourth-order valence-corrected chi connectivity index (χ4v) is 3.63. The van der Waals surface area contributed by atoms with Crippen LogP contribution in [0.2, 0.25) is 0 Å². The third-order valence-electron chi connectivity index (χ3n) is 4.21. The summed E-state index contributed by atoms with van der Waals surface area (Å²) in [5.41, 5.74) is 0.547. The number of carbonyl (C=O) groups excluding carboxylic acids is 1. The van der Waals surface area contributed by atoms with E-state index in [1.165, 1.54) is 23.9 Å². The Morgan fingerprint density at radius 2 is 1.93 bits per heavy atom. The number of aromatic nitrogens is 3. The average molecular weight is 426 g/mol. The predicted molar refractivity (Wildman–Crippen MR) is 114 cm³/mol. The standard InChI is InChI=1S/C21H22N4O4S/c1-3-25-19(14(2)29-17-10-5-4-6-11-17)23-24-21(25)30-13-18(26)22-16-9-7-8-15(12-16)20(27)28/h4-12,14H,3,13H2,1-2H3,(H,22,26)(H,27,28)/t14-/m1/s1. The first-order valence-corrected chi connectivity index (χ1v) is 10.4. The molecule has 0 aliphatic carbocycles. The van der Waals surface area contributed by atoms with Gasteiger partial charge in [-0.3, -0.25) is 4.79 Å². The summed E-state index contributed by atoms with van der Waals surface area (Å²) < 4.78 is 7.84. The van der Waals surface area contributed by atoms with Crippen molar-refractivity contribution in [3.8, 4) is 5.75 Å². The molecule has 0 radical (unpaired) electrons. The quantitative estimate of drug-likeness (QED) is 0.500. The van der Waals surface area contributed by atoms with Gasteiger partial charge >= 0.3 is 5.97 Å². The highest BCUT2D eigenvalue weighted by molar-refractivity contribution is 7.99. The van der Waals surface area contributed by atoms with E-state index in [-0.39, 0.29) is 23.3 Å². The second-order valence-electron chi connectivity index (χ2n) is 6.38. The van der Waals surface area contributed by atoms with Crippen LogP contribution in [0.4, 0.5) is 5.69 Å². The van der Waals surface area contributed by atoms with Crippen molar-refractivity contribution in [1.29, 1.82) is 0 Å². The zero-order valence-corrected chi connectivity index (χ0v) is 17.4. The van der Waals surface area contributed by atoms with Crippen molar-refractivity contribution in [2.45, 2.75) is 31.7 Å². The molecular formula is C21H22N4O4S. The van der Waals surface area contributed by atoms with Crippen molar-refractivity contribution in [2.75, 3.05) is 11.1 Å². The number of amides is 1. The molecule has 30 heavy (non-hydrogen) atoms. The maximum Gasteiger partial charge on any atom is 0.335 e. The van der Waals surface area contributed by atoms with Gasteiger partial charge in [0.15, 0.2) is 17.1 Å². The van der Waals surface area contributed by atoms with Crippen LogP contribution >= 0.6 is 11.8 Å². The molecule has 0 aliphatic rings. The lowest BCUT2D eigenvalue weighted by atomic mass is 10.2. The predicted octanol–water partition coefficient (Wildman–Crippen LogP) is 3.87. The number of carbonyl (C=O) groups is 2. The Balaban J connectivity index is 1.62. The van der Waals surface area contributed by atoms with E-state index >= 15 is 0 Å². The van der Waals surface area contributed by atoms with Crippen molar-refractivity contribution >= 4 is 29.3 Å². The van der Waals surface area contributed by atoms with Gasteiger partial charge in [0.25, 0.3) is 0 Å². The van der Waals surface area contributed by atoms with Crippen molar-refractivity contribution in [3.63, 3.8) is 0 Å². The number of para-hydroxylation sites is 1. The molecule has 0 fully saturated rings. The summed E-state index contributed by atoms with van der Waals surface area (Å²) in [6.45, 7) is 4.51. The highest BCUT2D eigenvalue weighted by Gasteiger charge is 2.19. The molecule has 1 heterocycles. The number of thioether (sulfide) groups is 1. The number of carboxylic acid groups (broad SMARTS) is 1. The number of nitrogens with zero attached hydrogens (tertiary/aromatic N) is 3. The smallest absolute Gasteiger partial charge is 0.335 e. The van der Waals surface area contributed by atoms with Gasteiger partial charge < -0.3 is 19.7 Å². The van der Waals surface area contributed by atoms with Crippen LogP contribution in [0.3, 0.4) is 0 Å². The normalized spacial score (nSPS) is 11.7. The van der Waals surface area contributed by atoms with Crippen molar-refractivity contribution < 1.29 is 19.4 Å². The SMILES string of the molecule is CCn1c(SCC(=O)Nc2cccc(C(=O)O)c2)nnc1[C@@H](C)Oc1ccccc1. The number of anilines is 1. The van der Waals surface area contributed by atoms with Gasteiger partial charge in [0, 0.05) is 12.2 Å². The molecule has 156 valence electrons. The van der Waals surface area contributed by atoms with Gasteiger partial charge in [-0.25, -0.2) is 4.79 Å². The van der Waals surface area contributed by atoms with E-state index in [0.717, 1.165) is 5.75 Å². The molecule has 2 N–H and O–H groups in total. The van der Waals surface area contributed by atoms with E-state index in [0.29, 0.717) is 23.2 Å². The summed E-state index contributed by atoms with van der Waals surface area (Å²) in [4.78, 5) is 23.3. The Labute approximate surface area is 178 Å². The third-order valence-corrected chi connectivity index (χ3v) is 5.17. The molecule has 1 amide bonds. The Morgan fingerprint density at radius 3 is 2.63 bits per heavy atom. The Hall–Kier alpha value is -3.33. The van der Waals surface area contributed by atoms with Crippen LogP contribution in [0.1, 0.15) is 36.1 Å². The van der Waals surface area contributed by atoms with Crippen molar-refractivity contribution in [1.82, 2.24) is 14.8 Å². The van der Waals surface area contributed by atoms with Crippen LogP contribution < -0.4 is 10.1 Å². The van der Waals surface area contributed by atoms with Crippen LogP contribution in [0.25, 0.3) is 0 Å². The molecule has 3 rings (SSSR count). The van der Waals surface area contributed by atoms with E-state index in [4.69, 9.17) is 9.84 Å². The summed E-state index contributed by atoms with van der Waals surface area (Å²) in [5, 5.41) is 20.8. The second-order valence-corrected chi connectivity index (χ2v) is 7.32. The summed E-state index contributed by atoms with van der Waals surface area (Å²) in [6, 6.07) is 15.6. The lowest BCUT2D eigenvalue weighted by Crippen LogP contribution is -2.15. The van der Waals surface area contributed by atoms with E-state index < -0.39 is 5.97 Å². The molecule has 0 saturated heterocycles. The van der Waals surface area contributed by atoms with Gasteiger partial charge in [0.05, 0.1) is 11.3 Å². The van der Waals surface area contributed by atoms with Crippen molar-refractivity contribution in [2.24, 2.45) is 0 Å². The molecule has 0 spiro atoms. The molecule has 0 aliphatic heterocycles. The number of carboxylic acids is 1. The molecular weight excluding hydrogens is 404 g/mol. The highest BCUT2D eigenvalue weighted by Crippen LogP contribution is 2.24. The lowest BCUT2D eigenvalue weighted by Gasteiger charge is -2.15. The molecule has 9 heteroatoms. The fraction of sp³-hybridized carbons (Fsp3) is 0.238. The van der Waals surface area contributed by atoms with E-state index in [9.17, 15) is 9.59 Å². The van der Waals surface area contributed by atoms with E-state index in [1.807, 2.05) is 48.7 Å². The topological polar surface area (TPSA) is 106 Å². The van der Waals surface area contributed by atoms with Gasteiger partial charge in [-0.2, -0.15) is 0 Å². The monoisotopic (exact) mass is 426 g/mol. The first-order chi connectivity index (χ1) is 14.5. The summed E-state index contributed by atoms with van der Waals surface area (Å²) in [5.74, 6) is 0.231. The highest BCUT2D eigenvalue weighted by atomic mass is 32.2. The minimum atomic E-state index is -1.05. The van der Waals surface area contributed by atoms with Gasteiger partial charge in [0.2, 0.25) is 5.91 Å². The lowest BCUT2D eigenvalue weighted by molar-refractivity contribution is -0.113. The first-order valence-electron chi connectivity index (χ1n) is 9.38. The fourth-order valence-electron chi connectivity index (χ4n) is 2.82. The van der Waals surface area contributed by atoms with Gasteiger partial charge in [-0.05, 0) is 44.2 Å². The number of ether oxygens (including phenoxy) is 1. The molecule has 1 atom stereocenters. The summed E-state index contributed by atoms with van der Waals surface area (Å²) >= 11 is 1.26. The largest absolute Gasteiger partial charge is 0.483 e. The Kier molecular flexibility index (Phi) is 7.08. The molecule has 3 aromatic rings. The van der Waals surface area contributed by atoms with Crippen LogP contribution in [0.15, 0.2) is 59.8 Å². The molecule has 2 aromatic carbocycles. The zero-order valence-electron chi connectivity index (χ0n) is 16.6. The number of benzene rings is 2. The summed E-state index contributed by atoms with van der Waals surface area (Å²) in [7, 11) is 0. The molecule has 1 aromatic heterocycles. The number of rotatable bonds is 9. The van der Waals surface area contributed by atoms with E-state index in [1.54, 1.807) is 12.1 Å². The average Bonchev–Trinajstić information content (AvgIpc) is 3.16. The number of aromatic carboxylic acids is 1. The summed E-state index contributed by atoms with van der Waals surface area (Å²) in [6.07, 6.45) is -0.304. The maximum absolute atomic E-state index is 12.3. The number of nitrogens with one attached hydrogen (secondary N) is 1. The second kappa shape index (κ2) is 9.93. The molecule has 8 nitrogen and oxygen atoms in total. The van der Waals surface area contributed by atoms with Crippen molar-refractivity contribution in [3.05, 3.63) is 66.0 Å². The van der Waals surface area contributed by atoms with E-state index in [2.05, 4.69) is 15.5 Å². The number of hydrogen-bond donors (Lipinski definition) is 2. The Morgan fingerprint density at radius 1 is 1.17 bits per heavy atom. The van der Waals surface area contributed by atoms with Crippen LogP contribution in [0.5, 0.6) is 5.75 Å². The minimum absolute atomic E-state index is 0.114. The molecule has 0 bridgehead atoms. The van der Waals surface area contributed by atoms with Crippen LogP contribution in [-0.4, -0.2) is 37.5 Å². The third kappa shape index (κ3) is 5.38. The first kappa shape index (κ1) is 21.4. The zero-order chi connectivity index (χ0) is 21.5. The van der Waals surface area contributed by atoms with Gasteiger partial charge in [0.1, 0.15) is 5.75 Å². The molecule has 0 saturated carbocycles. The Bertz CT molecular complexity index is 1020. The maximum atomic E-state index is 12.3. The molecule has 0 unspecified atom stereocenters.